The summed E-state index contributed by atoms with van der Waals surface area (Å²) in [7, 11) is 0. The van der Waals surface area contributed by atoms with Gasteiger partial charge in [-0.15, -0.1) is 0 Å². The van der Waals surface area contributed by atoms with Gasteiger partial charge in [-0.05, 0) is 39.3 Å². The molecule has 0 saturated heterocycles. The van der Waals surface area contributed by atoms with Gasteiger partial charge < -0.3 is 4.57 Å². The molecule has 5 rings (SSSR count). The van der Waals surface area contributed by atoms with Gasteiger partial charge in [0.2, 0.25) is 0 Å². The van der Waals surface area contributed by atoms with E-state index in [1.807, 2.05) is 6.07 Å². The molecule has 0 N–H and O–H groups in total. The van der Waals surface area contributed by atoms with Crippen LogP contribution in [0.3, 0.4) is 0 Å². The standard InChI is InChI=1S/C28H21IN2/c29-27-30-26(22-13-5-1-6-14-22)21-31(27)28(23-15-7-2-8-16-23,24-17-9-3-10-18-24)25-19-11-4-12-20-25/h1-21H. The van der Waals surface area contributed by atoms with Gasteiger partial charge in [0.25, 0.3) is 0 Å². The Balaban J connectivity index is 1.87. The highest BCUT2D eigenvalue weighted by molar-refractivity contribution is 14.1. The van der Waals surface area contributed by atoms with Crippen LogP contribution in [0.15, 0.2) is 128 Å². The molecule has 1 aromatic heterocycles. The zero-order valence-electron chi connectivity index (χ0n) is 16.9. The largest absolute Gasteiger partial charge is 0.307 e. The van der Waals surface area contributed by atoms with E-state index in [2.05, 4.69) is 149 Å². The molecule has 3 heteroatoms. The Labute approximate surface area is 196 Å². The average molecular weight is 512 g/mol. The summed E-state index contributed by atoms with van der Waals surface area (Å²) in [6.07, 6.45) is 2.18. The number of hydrogen-bond acceptors (Lipinski definition) is 1. The molecule has 5 aromatic rings. The van der Waals surface area contributed by atoms with E-state index in [4.69, 9.17) is 4.98 Å². The van der Waals surface area contributed by atoms with Gasteiger partial charge in [-0.25, -0.2) is 4.98 Å². The number of imidazole rings is 1. The Morgan fingerprint density at radius 1 is 0.548 bits per heavy atom. The summed E-state index contributed by atoms with van der Waals surface area (Å²) in [6, 6.07) is 42.5. The number of benzene rings is 4. The normalized spacial score (nSPS) is 11.4. The Kier molecular flexibility index (Phi) is 5.43. The molecule has 31 heavy (non-hydrogen) atoms. The fourth-order valence-electron chi connectivity index (χ4n) is 4.30. The van der Waals surface area contributed by atoms with Crippen LogP contribution in [0.4, 0.5) is 0 Å². The summed E-state index contributed by atoms with van der Waals surface area (Å²) < 4.78 is 3.25. The lowest BCUT2D eigenvalue weighted by atomic mass is 9.77. The van der Waals surface area contributed by atoms with Gasteiger partial charge in [-0.1, -0.05) is 121 Å². The molecule has 0 fully saturated rings. The summed E-state index contributed by atoms with van der Waals surface area (Å²) in [5, 5.41) is 0. The van der Waals surface area contributed by atoms with Crippen molar-refractivity contribution < 1.29 is 0 Å². The van der Waals surface area contributed by atoms with Crippen molar-refractivity contribution >= 4 is 22.6 Å². The number of rotatable bonds is 5. The minimum Gasteiger partial charge on any atom is -0.307 e. The van der Waals surface area contributed by atoms with Crippen molar-refractivity contribution in [3.63, 3.8) is 0 Å². The zero-order valence-corrected chi connectivity index (χ0v) is 19.1. The molecule has 0 aliphatic heterocycles. The highest BCUT2D eigenvalue weighted by Gasteiger charge is 2.39. The molecule has 0 atom stereocenters. The SMILES string of the molecule is Ic1nc(-c2ccccc2)cn1C(c1ccccc1)(c1ccccc1)c1ccccc1. The van der Waals surface area contributed by atoms with Crippen molar-refractivity contribution in [3.8, 4) is 11.3 Å². The van der Waals surface area contributed by atoms with E-state index < -0.39 is 5.54 Å². The minimum absolute atomic E-state index is 0.541. The first-order chi connectivity index (χ1) is 15.3. The third-order valence-corrected chi connectivity index (χ3v) is 6.43. The van der Waals surface area contributed by atoms with E-state index in [0.717, 1.165) is 15.1 Å². The van der Waals surface area contributed by atoms with Gasteiger partial charge in [0.05, 0.1) is 5.69 Å². The molecule has 0 radical (unpaired) electrons. The zero-order chi connectivity index (χ0) is 21.1. The highest BCUT2D eigenvalue weighted by Crippen LogP contribution is 2.42. The van der Waals surface area contributed by atoms with Crippen molar-refractivity contribution in [2.24, 2.45) is 0 Å². The van der Waals surface area contributed by atoms with Crippen LogP contribution >= 0.6 is 22.6 Å². The van der Waals surface area contributed by atoms with E-state index in [9.17, 15) is 0 Å². The first kappa shape index (κ1) is 19.8. The van der Waals surface area contributed by atoms with Crippen LogP contribution in [0, 0.1) is 3.83 Å². The fraction of sp³-hybridized carbons (Fsp3) is 0.0357. The molecule has 1 heterocycles. The van der Waals surface area contributed by atoms with E-state index >= 15 is 0 Å². The van der Waals surface area contributed by atoms with Crippen molar-refractivity contribution in [2.75, 3.05) is 0 Å². The van der Waals surface area contributed by atoms with Crippen LogP contribution in [0.1, 0.15) is 16.7 Å². The minimum atomic E-state index is -0.541. The number of aromatic nitrogens is 2. The Morgan fingerprint density at radius 3 is 1.35 bits per heavy atom. The first-order valence-electron chi connectivity index (χ1n) is 10.3. The maximum atomic E-state index is 4.97. The second kappa shape index (κ2) is 8.52. The van der Waals surface area contributed by atoms with Gasteiger partial charge in [-0.3, -0.25) is 0 Å². The lowest BCUT2D eigenvalue weighted by Crippen LogP contribution is -2.38. The van der Waals surface area contributed by atoms with Crippen LogP contribution in [0.2, 0.25) is 0 Å². The molecule has 0 bridgehead atoms. The Bertz CT molecular complexity index is 1170. The second-order valence-electron chi connectivity index (χ2n) is 7.44. The van der Waals surface area contributed by atoms with Gasteiger partial charge in [0.1, 0.15) is 5.54 Å². The van der Waals surface area contributed by atoms with Crippen molar-refractivity contribution in [1.82, 2.24) is 9.55 Å². The predicted octanol–water partition coefficient (Wildman–Crippen LogP) is 6.99. The summed E-state index contributed by atoms with van der Waals surface area (Å²) in [5.74, 6) is 0. The molecule has 0 amide bonds. The van der Waals surface area contributed by atoms with Crippen LogP contribution in [-0.2, 0) is 5.54 Å². The third-order valence-electron chi connectivity index (χ3n) is 5.67. The molecular weight excluding hydrogens is 491 g/mol. The molecule has 0 aliphatic rings. The summed E-state index contributed by atoms with van der Waals surface area (Å²) in [5.41, 5.74) is 5.13. The topological polar surface area (TPSA) is 17.8 Å². The van der Waals surface area contributed by atoms with Gasteiger partial charge in [-0.2, -0.15) is 0 Å². The monoisotopic (exact) mass is 512 g/mol. The predicted molar refractivity (Wildman–Crippen MR) is 135 cm³/mol. The quantitative estimate of drug-likeness (QED) is 0.183. The summed E-state index contributed by atoms with van der Waals surface area (Å²) in [6.45, 7) is 0. The van der Waals surface area contributed by atoms with Crippen LogP contribution in [0.25, 0.3) is 11.3 Å². The molecule has 0 saturated carbocycles. The molecule has 150 valence electrons. The highest BCUT2D eigenvalue weighted by atomic mass is 127. The van der Waals surface area contributed by atoms with E-state index in [0.29, 0.717) is 0 Å². The van der Waals surface area contributed by atoms with Crippen LogP contribution in [-0.4, -0.2) is 9.55 Å². The van der Waals surface area contributed by atoms with Crippen molar-refractivity contribution in [1.29, 1.82) is 0 Å². The fourth-order valence-corrected chi connectivity index (χ4v) is 5.06. The molecule has 2 nitrogen and oxygen atoms in total. The average Bonchev–Trinajstić information content (AvgIpc) is 3.24. The van der Waals surface area contributed by atoms with Crippen LogP contribution in [0.5, 0.6) is 0 Å². The Hall–Kier alpha value is -3.18. The number of hydrogen-bond donors (Lipinski definition) is 0. The maximum Gasteiger partial charge on any atom is 0.173 e. The molecule has 0 aliphatic carbocycles. The summed E-state index contributed by atoms with van der Waals surface area (Å²) in [4.78, 5) is 4.97. The first-order valence-corrected chi connectivity index (χ1v) is 11.4. The van der Waals surface area contributed by atoms with E-state index in [1.165, 1.54) is 16.7 Å². The van der Waals surface area contributed by atoms with E-state index in [-0.39, 0.29) is 0 Å². The number of nitrogens with zero attached hydrogens (tertiary/aromatic N) is 2. The molecule has 4 aromatic carbocycles. The lowest BCUT2D eigenvalue weighted by Gasteiger charge is -2.38. The molecular formula is C28H21IN2. The third kappa shape index (κ3) is 3.49. The molecule has 0 unspecified atom stereocenters. The van der Waals surface area contributed by atoms with Gasteiger partial charge >= 0.3 is 0 Å². The van der Waals surface area contributed by atoms with Crippen molar-refractivity contribution in [2.45, 2.75) is 5.54 Å². The summed E-state index contributed by atoms with van der Waals surface area (Å²) >= 11 is 2.37. The lowest BCUT2D eigenvalue weighted by molar-refractivity contribution is 0.503. The second-order valence-corrected chi connectivity index (χ2v) is 8.40. The van der Waals surface area contributed by atoms with E-state index in [1.54, 1.807) is 0 Å². The van der Waals surface area contributed by atoms with Gasteiger partial charge in [0.15, 0.2) is 3.83 Å². The number of halogens is 1. The molecule has 0 spiro atoms. The Morgan fingerprint density at radius 2 is 0.935 bits per heavy atom. The van der Waals surface area contributed by atoms with Crippen LogP contribution < -0.4 is 0 Å². The smallest absolute Gasteiger partial charge is 0.173 e. The van der Waals surface area contributed by atoms with Gasteiger partial charge in [0, 0.05) is 11.8 Å². The van der Waals surface area contributed by atoms with Crippen molar-refractivity contribution in [3.05, 3.63) is 148 Å². The maximum absolute atomic E-state index is 4.97.